The number of hydrogen-bond donors (Lipinski definition) is 0. The van der Waals surface area contributed by atoms with Gasteiger partial charge in [-0.05, 0) is 12.2 Å². The second-order valence-electron chi connectivity index (χ2n) is 2.93. The summed E-state index contributed by atoms with van der Waals surface area (Å²) in [5.41, 5.74) is 0. The fourth-order valence-electron chi connectivity index (χ4n) is 0.752. The molecular formula is C8H17ClO2S2. The van der Waals surface area contributed by atoms with Crippen molar-refractivity contribution in [1.29, 1.82) is 0 Å². The van der Waals surface area contributed by atoms with Crippen LogP contribution in [0.3, 0.4) is 0 Å². The Morgan fingerprint density at radius 2 is 2.08 bits per heavy atom. The molecule has 0 radical (unpaired) electrons. The Balaban J connectivity index is 3.47. The zero-order valence-corrected chi connectivity index (χ0v) is 10.5. The zero-order chi connectivity index (χ0) is 10.3. The predicted octanol–water partition coefficient (Wildman–Crippen LogP) is 2.17. The summed E-state index contributed by atoms with van der Waals surface area (Å²) >= 11 is 7.34. The van der Waals surface area contributed by atoms with E-state index in [2.05, 4.69) is 0 Å². The van der Waals surface area contributed by atoms with E-state index in [1.807, 2.05) is 6.92 Å². The van der Waals surface area contributed by atoms with Gasteiger partial charge in [0.25, 0.3) is 0 Å². The van der Waals surface area contributed by atoms with Crippen molar-refractivity contribution in [2.24, 2.45) is 0 Å². The predicted molar refractivity (Wildman–Crippen MR) is 61.6 cm³/mol. The van der Waals surface area contributed by atoms with Crippen LogP contribution >= 0.6 is 23.4 Å². The summed E-state index contributed by atoms with van der Waals surface area (Å²) in [4.78, 5) is 0. The van der Waals surface area contributed by atoms with Crippen molar-refractivity contribution in [3.05, 3.63) is 0 Å². The number of thioether (sulfide) groups is 1. The summed E-state index contributed by atoms with van der Waals surface area (Å²) in [5.74, 6) is 2.08. The Hall–Kier alpha value is 0.590. The summed E-state index contributed by atoms with van der Waals surface area (Å²) in [7, 11) is -2.77. The lowest BCUT2D eigenvalue weighted by Crippen LogP contribution is -2.10. The minimum absolute atomic E-state index is 0.253. The first-order valence-corrected chi connectivity index (χ1v) is 7.80. The van der Waals surface area contributed by atoms with Crippen molar-refractivity contribution in [2.45, 2.75) is 25.5 Å². The van der Waals surface area contributed by atoms with Gasteiger partial charge >= 0.3 is 0 Å². The molecule has 0 fully saturated rings. The average molecular weight is 245 g/mol. The third-order valence-corrected chi connectivity index (χ3v) is 5.36. The lowest BCUT2D eigenvalue weighted by molar-refractivity contribution is 0.596. The molecule has 0 bridgehead atoms. The molecule has 0 aliphatic rings. The van der Waals surface area contributed by atoms with Crippen LogP contribution < -0.4 is 0 Å². The van der Waals surface area contributed by atoms with Crippen LogP contribution in [0.15, 0.2) is 0 Å². The maximum absolute atomic E-state index is 11.1. The van der Waals surface area contributed by atoms with Gasteiger partial charge in [0.2, 0.25) is 0 Å². The van der Waals surface area contributed by atoms with Crippen LogP contribution in [0, 0.1) is 0 Å². The Labute approximate surface area is 90.3 Å². The number of hydrogen-bond acceptors (Lipinski definition) is 3. The summed E-state index contributed by atoms with van der Waals surface area (Å²) in [6.45, 7) is 3.73. The lowest BCUT2D eigenvalue weighted by atomic mass is 10.6. The van der Waals surface area contributed by atoms with E-state index in [9.17, 15) is 8.42 Å². The lowest BCUT2D eigenvalue weighted by Gasteiger charge is -2.06. The van der Waals surface area contributed by atoms with Crippen LogP contribution in [0.25, 0.3) is 0 Å². The molecular weight excluding hydrogens is 228 g/mol. The van der Waals surface area contributed by atoms with Gasteiger partial charge in [-0.2, -0.15) is 11.8 Å². The van der Waals surface area contributed by atoms with Crippen molar-refractivity contribution < 1.29 is 8.42 Å². The molecule has 0 aromatic rings. The minimum Gasteiger partial charge on any atom is -0.229 e. The van der Waals surface area contributed by atoms with Crippen LogP contribution in [0.1, 0.15) is 20.3 Å². The molecule has 13 heavy (non-hydrogen) atoms. The highest BCUT2D eigenvalue weighted by molar-refractivity contribution is 8.00. The molecule has 0 amide bonds. The molecule has 0 rings (SSSR count). The molecule has 0 aliphatic carbocycles. The molecule has 0 spiro atoms. The van der Waals surface area contributed by atoms with Gasteiger partial charge < -0.3 is 0 Å². The monoisotopic (exact) mass is 244 g/mol. The average Bonchev–Trinajstić information content (AvgIpc) is 2.12. The third-order valence-electron chi connectivity index (χ3n) is 1.66. The highest BCUT2D eigenvalue weighted by Crippen LogP contribution is 2.13. The van der Waals surface area contributed by atoms with E-state index < -0.39 is 9.84 Å². The molecule has 0 saturated carbocycles. The molecule has 0 N–H and O–H groups in total. The minimum atomic E-state index is -2.77. The van der Waals surface area contributed by atoms with Gasteiger partial charge in [-0.15, -0.1) is 11.6 Å². The second kappa shape index (κ2) is 6.96. The SMILES string of the molecule is CCS(=O)(=O)CCCSC(C)CCl. The van der Waals surface area contributed by atoms with Gasteiger partial charge in [0, 0.05) is 16.9 Å². The molecule has 0 aliphatic heterocycles. The van der Waals surface area contributed by atoms with Crippen molar-refractivity contribution in [3.63, 3.8) is 0 Å². The van der Waals surface area contributed by atoms with Crippen molar-refractivity contribution in [1.82, 2.24) is 0 Å². The van der Waals surface area contributed by atoms with Crippen molar-refractivity contribution >= 4 is 33.2 Å². The molecule has 1 atom stereocenters. The highest BCUT2D eigenvalue weighted by Gasteiger charge is 2.07. The quantitative estimate of drug-likeness (QED) is 0.509. The number of sulfone groups is 1. The number of alkyl halides is 1. The van der Waals surface area contributed by atoms with Crippen molar-refractivity contribution in [2.75, 3.05) is 23.1 Å². The molecule has 0 saturated heterocycles. The van der Waals surface area contributed by atoms with Crippen LogP contribution in [-0.4, -0.2) is 36.8 Å². The molecule has 0 aromatic carbocycles. The van der Waals surface area contributed by atoms with Gasteiger partial charge in [-0.1, -0.05) is 13.8 Å². The maximum atomic E-state index is 11.1. The van der Waals surface area contributed by atoms with E-state index in [1.165, 1.54) is 0 Å². The fourth-order valence-corrected chi connectivity index (χ4v) is 2.88. The molecule has 80 valence electrons. The fraction of sp³-hybridized carbons (Fsp3) is 1.00. The molecule has 0 aromatic heterocycles. The summed E-state index contributed by atoms with van der Waals surface area (Å²) in [6.07, 6.45) is 0.738. The summed E-state index contributed by atoms with van der Waals surface area (Å²) in [6, 6.07) is 0. The Kier molecular flexibility index (Phi) is 7.27. The van der Waals surface area contributed by atoms with Gasteiger partial charge in [-0.3, -0.25) is 0 Å². The van der Waals surface area contributed by atoms with E-state index in [0.29, 0.717) is 16.9 Å². The largest absolute Gasteiger partial charge is 0.229 e. The van der Waals surface area contributed by atoms with Gasteiger partial charge in [0.15, 0.2) is 0 Å². The van der Waals surface area contributed by atoms with Gasteiger partial charge in [-0.25, -0.2) is 8.42 Å². The first kappa shape index (κ1) is 13.6. The van der Waals surface area contributed by atoms with Gasteiger partial charge in [0.1, 0.15) is 9.84 Å². The standard InChI is InChI=1S/C8H17ClO2S2/c1-3-13(10,11)6-4-5-12-8(2)7-9/h8H,3-7H2,1-2H3. The third kappa shape index (κ3) is 7.65. The summed E-state index contributed by atoms with van der Waals surface area (Å²) < 4.78 is 22.2. The van der Waals surface area contributed by atoms with Crippen LogP contribution in [0.4, 0.5) is 0 Å². The van der Waals surface area contributed by atoms with E-state index in [0.717, 1.165) is 12.2 Å². The molecule has 5 heteroatoms. The van der Waals surface area contributed by atoms with E-state index in [4.69, 9.17) is 11.6 Å². The smallest absolute Gasteiger partial charge is 0.150 e. The van der Waals surface area contributed by atoms with Crippen LogP contribution in [0.5, 0.6) is 0 Å². The van der Waals surface area contributed by atoms with E-state index in [1.54, 1.807) is 18.7 Å². The van der Waals surface area contributed by atoms with Crippen LogP contribution in [0.2, 0.25) is 0 Å². The van der Waals surface area contributed by atoms with Crippen LogP contribution in [-0.2, 0) is 9.84 Å². The Morgan fingerprint density at radius 3 is 2.54 bits per heavy atom. The Morgan fingerprint density at radius 1 is 1.46 bits per heavy atom. The number of rotatable bonds is 7. The summed E-state index contributed by atoms with van der Waals surface area (Å²) in [5, 5.41) is 0.422. The normalized spacial score (nSPS) is 14.4. The molecule has 1 unspecified atom stereocenters. The van der Waals surface area contributed by atoms with Crippen molar-refractivity contribution in [3.8, 4) is 0 Å². The molecule has 0 heterocycles. The first-order chi connectivity index (χ1) is 6.02. The highest BCUT2D eigenvalue weighted by atomic mass is 35.5. The molecule has 2 nitrogen and oxygen atoms in total. The zero-order valence-electron chi connectivity index (χ0n) is 8.12. The second-order valence-corrected chi connectivity index (χ2v) is 7.25. The first-order valence-electron chi connectivity index (χ1n) is 4.40. The van der Waals surface area contributed by atoms with E-state index in [-0.39, 0.29) is 5.75 Å². The Bertz CT molecular complexity index is 214. The number of halogens is 1. The topological polar surface area (TPSA) is 34.1 Å². The van der Waals surface area contributed by atoms with Gasteiger partial charge in [0.05, 0.1) is 5.75 Å². The van der Waals surface area contributed by atoms with E-state index >= 15 is 0 Å². The maximum Gasteiger partial charge on any atom is 0.150 e.